The molecule has 0 radical (unpaired) electrons. The zero-order valence-electron chi connectivity index (χ0n) is 15.3. The highest BCUT2D eigenvalue weighted by molar-refractivity contribution is 6.34. The van der Waals surface area contributed by atoms with Gasteiger partial charge in [-0.25, -0.2) is 0 Å². The molecule has 0 spiro atoms. The second-order valence-corrected chi connectivity index (χ2v) is 7.03. The normalized spacial score (nSPS) is 11.1. The minimum absolute atomic E-state index is 0.0664. The summed E-state index contributed by atoms with van der Waals surface area (Å²) in [6.45, 7) is 3.98. The second kappa shape index (κ2) is 8.03. The molecule has 5 heteroatoms. The Labute approximate surface area is 168 Å². The minimum atomic E-state index is -0.0664. The minimum Gasteiger partial charge on any atom is -0.497 e. The topological polar surface area (TPSA) is 31.2 Å². The number of allylic oxidation sites excluding steroid dienone is 1. The standard InChI is InChI=1S/C22H19Cl2NO2/c1-14-12-17(6-11-22(26)16-4-8-19(27-3)9-5-16)15(2)25(14)21-13-18(23)7-10-20(21)24/h4-13H,1-3H3/b11-6+. The van der Waals surface area contributed by atoms with Crippen LogP contribution in [0.2, 0.25) is 10.0 Å². The zero-order valence-corrected chi connectivity index (χ0v) is 16.8. The third kappa shape index (κ3) is 4.10. The third-order valence-electron chi connectivity index (χ3n) is 4.41. The molecule has 0 aliphatic rings. The lowest BCUT2D eigenvalue weighted by Gasteiger charge is -2.12. The van der Waals surface area contributed by atoms with Crippen LogP contribution in [0.1, 0.15) is 27.3 Å². The molecule has 3 rings (SSSR count). The van der Waals surface area contributed by atoms with Crippen LogP contribution in [-0.4, -0.2) is 17.5 Å². The molecule has 0 fully saturated rings. The Morgan fingerprint density at radius 1 is 1.04 bits per heavy atom. The van der Waals surface area contributed by atoms with E-state index in [-0.39, 0.29) is 5.78 Å². The van der Waals surface area contributed by atoms with Gasteiger partial charge in [-0.2, -0.15) is 0 Å². The number of nitrogens with zero attached hydrogens (tertiary/aromatic N) is 1. The summed E-state index contributed by atoms with van der Waals surface area (Å²) in [6.07, 6.45) is 3.40. The summed E-state index contributed by atoms with van der Waals surface area (Å²) in [4.78, 5) is 12.4. The van der Waals surface area contributed by atoms with Gasteiger partial charge in [0.1, 0.15) is 5.75 Å². The van der Waals surface area contributed by atoms with Crippen LogP contribution >= 0.6 is 23.2 Å². The average Bonchev–Trinajstić information content (AvgIpc) is 2.95. The Kier molecular flexibility index (Phi) is 5.73. The van der Waals surface area contributed by atoms with Crippen molar-refractivity contribution in [2.45, 2.75) is 13.8 Å². The van der Waals surface area contributed by atoms with Crippen LogP contribution in [0.3, 0.4) is 0 Å². The lowest BCUT2D eigenvalue weighted by molar-refractivity contribution is 0.104. The largest absolute Gasteiger partial charge is 0.497 e. The van der Waals surface area contributed by atoms with Crippen molar-refractivity contribution in [2.24, 2.45) is 0 Å². The number of ether oxygens (including phenoxy) is 1. The number of halogens is 2. The number of aromatic nitrogens is 1. The number of hydrogen-bond acceptors (Lipinski definition) is 2. The molecule has 27 heavy (non-hydrogen) atoms. The number of hydrogen-bond donors (Lipinski definition) is 0. The zero-order chi connectivity index (χ0) is 19.6. The second-order valence-electron chi connectivity index (χ2n) is 6.18. The van der Waals surface area contributed by atoms with Gasteiger partial charge in [0.25, 0.3) is 0 Å². The van der Waals surface area contributed by atoms with Crippen molar-refractivity contribution in [3.63, 3.8) is 0 Å². The summed E-state index contributed by atoms with van der Waals surface area (Å²) in [5, 5.41) is 1.24. The monoisotopic (exact) mass is 399 g/mol. The fourth-order valence-corrected chi connectivity index (χ4v) is 3.37. The molecular formula is C22H19Cl2NO2. The molecular weight excluding hydrogens is 381 g/mol. The lowest BCUT2D eigenvalue weighted by Crippen LogP contribution is -2.00. The molecule has 0 saturated carbocycles. The highest BCUT2D eigenvalue weighted by atomic mass is 35.5. The van der Waals surface area contributed by atoms with Crippen LogP contribution < -0.4 is 4.74 Å². The number of benzene rings is 2. The molecule has 0 aliphatic heterocycles. The number of aryl methyl sites for hydroxylation is 1. The average molecular weight is 400 g/mol. The van der Waals surface area contributed by atoms with Crippen molar-refractivity contribution in [1.29, 1.82) is 0 Å². The Morgan fingerprint density at radius 2 is 1.74 bits per heavy atom. The van der Waals surface area contributed by atoms with Gasteiger partial charge >= 0.3 is 0 Å². The van der Waals surface area contributed by atoms with Crippen LogP contribution in [0, 0.1) is 13.8 Å². The van der Waals surface area contributed by atoms with Gasteiger partial charge in [0.05, 0.1) is 17.8 Å². The first-order valence-corrected chi connectivity index (χ1v) is 9.17. The molecule has 2 aromatic carbocycles. The summed E-state index contributed by atoms with van der Waals surface area (Å²) in [5.41, 5.74) is 4.37. The molecule has 0 N–H and O–H groups in total. The van der Waals surface area contributed by atoms with E-state index in [4.69, 9.17) is 27.9 Å². The first kappa shape index (κ1) is 19.3. The molecule has 0 aliphatic carbocycles. The molecule has 0 saturated heterocycles. The van der Waals surface area contributed by atoms with E-state index in [1.165, 1.54) is 0 Å². The Hall–Kier alpha value is -2.49. The maximum atomic E-state index is 12.4. The summed E-state index contributed by atoms with van der Waals surface area (Å²) < 4.78 is 7.15. The Morgan fingerprint density at radius 3 is 2.41 bits per heavy atom. The fraction of sp³-hybridized carbons (Fsp3) is 0.136. The van der Waals surface area contributed by atoms with Crippen molar-refractivity contribution < 1.29 is 9.53 Å². The van der Waals surface area contributed by atoms with Gasteiger partial charge < -0.3 is 9.30 Å². The highest BCUT2D eigenvalue weighted by Crippen LogP contribution is 2.29. The predicted molar refractivity (Wildman–Crippen MR) is 112 cm³/mol. The predicted octanol–water partition coefficient (Wildman–Crippen LogP) is 6.31. The molecule has 1 aromatic heterocycles. The quantitative estimate of drug-likeness (QED) is 0.371. The number of methoxy groups -OCH3 is 1. The number of carbonyl (C=O) groups is 1. The van der Waals surface area contributed by atoms with Crippen LogP contribution in [0.5, 0.6) is 5.75 Å². The van der Waals surface area contributed by atoms with Gasteiger partial charge in [0.15, 0.2) is 5.78 Å². The van der Waals surface area contributed by atoms with E-state index in [1.54, 1.807) is 49.6 Å². The van der Waals surface area contributed by atoms with Gasteiger partial charge in [-0.1, -0.05) is 23.2 Å². The summed E-state index contributed by atoms with van der Waals surface area (Å²) in [7, 11) is 1.60. The molecule has 3 aromatic rings. The van der Waals surface area contributed by atoms with Crippen LogP contribution in [0.4, 0.5) is 0 Å². The van der Waals surface area contributed by atoms with Crippen LogP contribution in [0.25, 0.3) is 11.8 Å². The van der Waals surface area contributed by atoms with E-state index >= 15 is 0 Å². The van der Waals surface area contributed by atoms with E-state index < -0.39 is 0 Å². The van der Waals surface area contributed by atoms with Crippen molar-refractivity contribution in [1.82, 2.24) is 4.57 Å². The van der Waals surface area contributed by atoms with Crippen molar-refractivity contribution >= 4 is 35.1 Å². The Bertz CT molecular complexity index is 1020. The third-order valence-corrected chi connectivity index (χ3v) is 4.96. The molecule has 0 bridgehead atoms. The molecule has 0 atom stereocenters. The fourth-order valence-electron chi connectivity index (χ4n) is 3.00. The van der Waals surface area contributed by atoms with E-state index in [2.05, 4.69) is 0 Å². The molecule has 0 unspecified atom stereocenters. The van der Waals surface area contributed by atoms with Gasteiger partial charge in [-0.15, -0.1) is 0 Å². The van der Waals surface area contributed by atoms with E-state index in [0.29, 0.717) is 15.6 Å². The van der Waals surface area contributed by atoms with E-state index in [0.717, 1.165) is 28.4 Å². The van der Waals surface area contributed by atoms with Crippen LogP contribution in [0.15, 0.2) is 54.6 Å². The first-order valence-electron chi connectivity index (χ1n) is 8.41. The lowest BCUT2D eigenvalue weighted by atomic mass is 10.1. The van der Waals surface area contributed by atoms with Crippen molar-refractivity contribution in [2.75, 3.05) is 7.11 Å². The van der Waals surface area contributed by atoms with Gasteiger partial charge in [0, 0.05) is 22.0 Å². The number of carbonyl (C=O) groups excluding carboxylic acids is 1. The number of ketones is 1. The molecule has 0 amide bonds. The first-order chi connectivity index (χ1) is 12.9. The van der Waals surface area contributed by atoms with Crippen LogP contribution in [-0.2, 0) is 0 Å². The van der Waals surface area contributed by atoms with E-state index in [1.807, 2.05) is 36.6 Å². The van der Waals surface area contributed by atoms with Gasteiger partial charge in [-0.05, 0) is 80.1 Å². The summed E-state index contributed by atoms with van der Waals surface area (Å²) in [6, 6.07) is 14.4. The smallest absolute Gasteiger partial charge is 0.185 e. The Balaban J connectivity index is 1.91. The molecule has 1 heterocycles. The summed E-state index contributed by atoms with van der Waals surface area (Å²) >= 11 is 12.5. The van der Waals surface area contributed by atoms with Crippen molar-refractivity contribution in [3.05, 3.63) is 87.2 Å². The highest BCUT2D eigenvalue weighted by Gasteiger charge is 2.12. The van der Waals surface area contributed by atoms with Gasteiger partial charge in [0.2, 0.25) is 0 Å². The van der Waals surface area contributed by atoms with E-state index in [9.17, 15) is 4.79 Å². The SMILES string of the molecule is COc1ccc(C(=O)/C=C/c2cc(C)n(-c3cc(Cl)ccc3Cl)c2C)cc1. The maximum absolute atomic E-state index is 12.4. The summed E-state index contributed by atoms with van der Waals surface area (Å²) in [5.74, 6) is 0.653. The molecule has 3 nitrogen and oxygen atoms in total. The maximum Gasteiger partial charge on any atom is 0.185 e. The molecule has 138 valence electrons. The number of rotatable bonds is 5. The van der Waals surface area contributed by atoms with Crippen molar-refractivity contribution in [3.8, 4) is 11.4 Å². The van der Waals surface area contributed by atoms with Gasteiger partial charge in [-0.3, -0.25) is 4.79 Å².